The minimum Gasteiger partial charge on any atom is -0.384 e. The number of benzene rings is 1. The quantitative estimate of drug-likeness (QED) is 0.183. The molecule has 0 aliphatic heterocycles. The number of fused-ring (bicyclic) bond motifs is 2. The number of halogens is 1. The summed E-state index contributed by atoms with van der Waals surface area (Å²) >= 11 is 0. The number of nitrogens with zero attached hydrogens (tertiary/aromatic N) is 7. The van der Waals surface area contributed by atoms with Gasteiger partial charge in [-0.15, -0.1) is 0 Å². The van der Waals surface area contributed by atoms with Crippen LogP contribution in [0.3, 0.4) is 0 Å². The number of hydrogen-bond donors (Lipinski definition) is 4. The van der Waals surface area contributed by atoms with E-state index in [0.717, 1.165) is 23.1 Å². The number of nitrogens with one attached hydrogen (secondary N) is 4. The third kappa shape index (κ3) is 6.23. The summed E-state index contributed by atoms with van der Waals surface area (Å²) in [6.07, 6.45) is 4.96. The average Bonchev–Trinajstić information content (AvgIpc) is 3.60. The first kappa shape index (κ1) is 28.8. The van der Waals surface area contributed by atoms with Crippen molar-refractivity contribution >= 4 is 39.3 Å². The number of carbonyl (C=O) groups excluding carboxylic acids is 1. The molecule has 5 aromatic heterocycles. The third-order valence-corrected chi connectivity index (χ3v) is 6.87. The number of aromatic amines is 2. The number of carbonyl (C=O) groups is 1. The lowest BCUT2D eigenvalue weighted by Gasteiger charge is -2.12. The molecule has 0 spiro atoms. The molecule has 44 heavy (non-hydrogen) atoms. The van der Waals surface area contributed by atoms with E-state index in [2.05, 4.69) is 40.7 Å². The van der Waals surface area contributed by atoms with Gasteiger partial charge in [0.25, 0.3) is 0 Å². The molecule has 0 aliphatic rings. The molecule has 0 fully saturated rings. The Morgan fingerprint density at radius 3 is 2.52 bits per heavy atom. The molecule has 12 nitrogen and oxygen atoms in total. The minimum atomic E-state index is -0.365. The van der Waals surface area contributed by atoms with Gasteiger partial charge in [-0.05, 0) is 70.7 Å². The van der Waals surface area contributed by atoms with Gasteiger partial charge in [-0.1, -0.05) is 0 Å². The summed E-state index contributed by atoms with van der Waals surface area (Å²) in [6, 6.07) is 12.2. The maximum atomic E-state index is 14.7. The second-order valence-electron chi connectivity index (χ2n) is 11.0. The summed E-state index contributed by atoms with van der Waals surface area (Å²) in [5, 5.41) is 13.7. The Morgan fingerprint density at radius 2 is 1.70 bits per heavy atom. The maximum Gasteiger partial charge on any atom is 0.238 e. The molecule has 0 saturated heterocycles. The van der Waals surface area contributed by atoms with E-state index in [4.69, 9.17) is 9.97 Å². The Bertz CT molecular complexity index is 1960. The van der Waals surface area contributed by atoms with Crippen LogP contribution in [0.1, 0.15) is 0 Å². The van der Waals surface area contributed by atoms with E-state index in [0.29, 0.717) is 57.4 Å². The van der Waals surface area contributed by atoms with E-state index in [9.17, 15) is 9.18 Å². The largest absolute Gasteiger partial charge is 0.384 e. The smallest absolute Gasteiger partial charge is 0.238 e. The van der Waals surface area contributed by atoms with Crippen molar-refractivity contribution in [2.75, 3.05) is 58.5 Å². The van der Waals surface area contributed by atoms with Crippen LogP contribution in [0.5, 0.6) is 0 Å². The molecule has 0 radical (unpaired) electrons. The van der Waals surface area contributed by atoms with Gasteiger partial charge < -0.3 is 25.4 Å². The highest BCUT2D eigenvalue weighted by Gasteiger charge is 2.18. The van der Waals surface area contributed by atoms with Crippen LogP contribution in [-0.4, -0.2) is 98.6 Å². The van der Waals surface area contributed by atoms with Crippen molar-refractivity contribution in [2.24, 2.45) is 0 Å². The Balaban J connectivity index is 1.33. The van der Waals surface area contributed by atoms with Crippen LogP contribution in [0.2, 0.25) is 0 Å². The van der Waals surface area contributed by atoms with E-state index in [-0.39, 0.29) is 18.3 Å². The van der Waals surface area contributed by atoms with Gasteiger partial charge in [0.05, 0.1) is 40.9 Å². The van der Waals surface area contributed by atoms with Crippen molar-refractivity contribution in [2.45, 2.75) is 0 Å². The van der Waals surface area contributed by atoms with Crippen molar-refractivity contribution in [3.8, 4) is 34.0 Å². The van der Waals surface area contributed by atoms with E-state index in [1.165, 1.54) is 12.1 Å². The fourth-order valence-electron chi connectivity index (χ4n) is 4.87. The lowest BCUT2D eigenvalue weighted by Crippen LogP contribution is -2.27. The number of anilines is 2. The summed E-state index contributed by atoms with van der Waals surface area (Å²) in [4.78, 5) is 38.0. The number of amides is 1. The van der Waals surface area contributed by atoms with Crippen molar-refractivity contribution < 1.29 is 9.18 Å². The molecule has 0 unspecified atom stereocenters. The van der Waals surface area contributed by atoms with Crippen LogP contribution >= 0.6 is 0 Å². The zero-order chi connectivity index (χ0) is 30.8. The fourth-order valence-corrected chi connectivity index (χ4v) is 4.87. The van der Waals surface area contributed by atoms with Crippen LogP contribution in [0.15, 0.2) is 61.1 Å². The van der Waals surface area contributed by atoms with Crippen molar-refractivity contribution in [3.05, 3.63) is 66.9 Å². The van der Waals surface area contributed by atoms with Crippen LogP contribution in [0.25, 0.3) is 56.1 Å². The molecule has 5 heterocycles. The lowest BCUT2D eigenvalue weighted by molar-refractivity contribution is -0.116. The van der Waals surface area contributed by atoms with E-state index >= 15 is 0 Å². The van der Waals surface area contributed by atoms with Crippen LogP contribution in [-0.2, 0) is 4.79 Å². The monoisotopic (exact) mass is 593 g/mol. The molecule has 1 aromatic carbocycles. The van der Waals surface area contributed by atoms with Gasteiger partial charge in [0.2, 0.25) is 5.91 Å². The molecule has 0 aliphatic carbocycles. The first-order valence-electron chi connectivity index (χ1n) is 14.0. The summed E-state index contributed by atoms with van der Waals surface area (Å²) in [7, 11) is 7.64. The molecular weight excluding hydrogens is 561 g/mol. The average molecular weight is 594 g/mol. The molecule has 224 valence electrons. The highest BCUT2D eigenvalue weighted by atomic mass is 19.1. The summed E-state index contributed by atoms with van der Waals surface area (Å²) in [5.41, 5.74) is 6.98. The Labute approximate surface area is 252 Å². The van der Waals surface area contributed by atoms with Crippen molar-refractivity contribution in [1.82, 2.24) is 44.9 Å². The number of rotatable bonds is 10. The summed E-state index contributed by atoms with van der Waals surface area (Å²) in [6.45, 7) is 1.74. The van der Waals surface area contributed by atoms with Gasteiger partial charge in [-0.25, -0.2) is 14.4 Å². The topological polar surface area (TPSA) is 144 Å². The Morgan fingerprint density at radius 1 is 0.886 bits per heavy atom. The van der Waals surface area contributed by atoms with Gasteiger partial charge in [0.15, 0.2) is 11.5 Å². The van der Waals surface area contributed by atoms with Gasteiger partial charge in [-0.2, -0.15) is 5.10 Å². The van der Waals surface area contributed by atoms with Gasteiger partial charge in [-0.3, -0.25) is 19.9 Å². The zero-order valence-electron chi connectivity index (χ0n) is 24.8. The second kappa shape index (κ2) is 12.1. The molecule has 13 heteroatoms. The first-order chi connectivity index (χ1) is 21.2. The van der Waals surface area contributed by atoms with Crippen LogP contribution in [0.4, 0.5) is 15.8 Å². The van der Waals surface area contributed by atoms with E-state index in [1.54, 1.807) is 23.5 Å². The minimum absolute atomic E-state index is 0.136. The molecule has 1 amide bonds. The number of pyridine rings is 3. The van der Waals surface area contributed by atoms with Gasteiger partial charge >= 0.3 is 0 Å². The normalized spacial score (nSPS) is 11.6. The molecule has 0 atom stereocenters. The predicted octanol–water partition coefficient (Wildman–Crippen LogP) is 4.24. The third-order valence-electron chi connectivity index (χ3n) is 6.87. The van der Waals surface area contributed by atoms with E-state index in [1.807, 2.05) is 58.5 Å². The number of imidazole rings is 1. The molecular formula is C31H32FN11O. The Kier molecular flexibility index (Phi) is 7.96. The summed E-state index contributed by atoms with van der Waals surface area (Å²) in [5.74, 6) is -0.00717. The SMILES string of the molecule is CN(C)CCNc1cc(F)cc(-c2nccc3[nH]c(-c4n[nH]c5ccc(-c6cncc(NC(=O)CN(C)C)c6)nc45)nc23)c1. The Hall–Kier alpha value is -5.27. The standard InChI is InChI=1S/C31H32FN11O/c1-42(2)10-9-34-21-12-18(11-20(32)14-21)27-28-24(7-8-35-27)38-31(39-28)30-29-25(40-41-30)6-5-23(37-29)19-13-22(16-33-15-19)36-26(44)17-43(3)4/h5-8,11-16,34H,9-10,17H2,1-4H3,(H,36,44)(H,38,39)(H,40,41). The summed E-state index contributed by atoms with van der Waals surface area (Å²) < 4.78 is 14.7. The van der Waals surface area contributed by atoms with Crippen LogP contribution < -0.4 is 10.6 Å². The highest BCUT2D eigenvalue weighted by molar-refractivity contribution is 5.96. The molecule has 4 N–H and O–H groups in total. The van der Waals surface area contributed by atoms with Crippen LogP contribution in [0, 0.1) is 5.82 Å². The molecule has 6 aromatic rings. The second-order valence-corrected chi connectivity index (χ2v) is 11.0. The van der Waals surface area contributed by atoms with Gasteiger partial charge in [0.1, 0.15) is 16.9 Å². The number of likely N-dealkylation sites (N-methyl/N-ethyl adjacent to an activating group) is 2. The zero-order valence-corrected chi connectivity index (χ0v) is 24.8. The highest BCUT2D eigenvalue weighted by Crippen LogP contribution is 2.32. The maximum absolute atomic E-state index is 14.7. The molecule has 6 rings (SSSR count). The first-order valence-corrected chi connectivity index (χ1v) is 14.0. The van der Waals surface area contributed by atoms with Crippen molar-refractivity contribution in [3.63, 3.8) is 0 Å². The number of H-pyrrole nitrogens is 2. The molecule has 0 saturated carbocycles. The fraction of sp³-hybridized carbons (Fsp3) is 0.226. The van der Waals surface area contributed by atoms with E-state index < -0.39 is 0 Å². The number of hydrogen-bond acceptors (Lipinski definition) is 9. The van der Waals surface area contributed by atoms with Gasteiger partial charge in [0, 0.05) is 42.3 Å². The predicted molar refractivity (Wildman–Crippen MR) is 170 cm³/mol. The number of aromatic nitrogens is 7. The molecule has 0 bridgehead atoms. The van der Waals surface area contributed by atoms with Crippen molar-refractivity contribution in [1.29, 1.82) is 0 Å². The lowest BCUT2D eigenvalue weighted by atomic mass is 10.1.